The summed E-state index contributed by atoms with van der Waals surface area (Å²) >= 11 is 1.84. The van der Waals surface area contributed by atoms with E-state index in [1.807, 2.05) is 16.7 Å². The van der Waals surface area contributed by atoms with Crippen LogP contribution in [0.4, 0.5) is 0 Å². The fourth-order valence-electron chi connectivity index (χ4n) is 2.76. The van der Waals surface area contributed by atoms with Crippen LogP contribution in [0.3, 0.4) is 0 Å². The molecule has 2 N–H and O–H groups in total. The summed E-state index contributed by atoms with van der Waals surface area (Å²) in [6.07, 6.45) is 1.77. The Morgan fingerprint density at radius 2 is 2.26 bits per heavy atom. The number of hydrogen-bond acceptors (Lipinski definition) is 4. The third kappa shape index (κ3) is 3.42. The lowest BCUT2D eigenvalue weighted by Gasteiger charge is -2.25. The molecule has 2 rings (SSSR count). The zero-order chi connectivity index (χ0) is 14.0. The maximum absolute atomic E-state index is 12.5. The predicted molar refractivity (Wildman–Crippen MR) is 76.8 cm³/mol. The second-order valence-electron chi connectivity index (χ2n) is 6.10. The largest absolute Gasteiger partial charge is 0.343 e. The van der Waals surface area contributed by atoms with Crippen LogP contribution in [-0.4, -0.2) is 54.0 Å². The highest BCUT2D eigenvalue weighted by molar-refractivity contribution is 7.99. The Balaban J connectivity index is 2.03. The van der Waals surface area contributed by atoms with Gasteiger partial charge in [0.2, 0.25) is 11.8 Å². The van der Waals surface area contributed by atoms with E-state index in [4.69, 9.17) is 0 Å². The molecule has 0 aromatic heterocycles. The van der Waals surface area contributed by atoms with E-state index in [9.17, 15) is 9.59 Å². The number of carbonyl (C=O) groups is 2. The molecule has 5 nitrogen and oxygen atoms in total. The molecule has 2 heterocycles. The summed E-state index contributed by atoms with van der Waals surface area (Å²) in [7, 11) is 1.73. The molecule has 0 saturated carbocycles. The van der Waals surface area contributed by atoms with E-state index < -0.39 is 0 Å². The first-order chi connectivity index (χ1) is 8.93. The molecule has 2 aliphatic heterocycles. The first-order valence-corrected chi connectivity index (χ1v) is 7.84. The minimum Gasteiger partial charge on any atom is -0.343 e. The van der Waals surface area contributed by atoms with Gasteiger partial charge in [0, 0.05) is 6.54 Å². The normalized spacial score (nSPS) is 29.8. The van der Waals surface area contributed by atoms with Crippen LogP contribution >= 0.6 is 11.8 Å². The van der Waals surface area contributed by atoms with E-state index in [-0.39, 0.29) is 35.2 Å². The molecular weight excluding hydrogens is 262 g/mol. The van der Waals surface area contributed by atoms with Gasteiger partial charge < -0.3 is 15.5 Å². The molecule has 2 atom stereocenters. The Morgan fingerprint density at radius 3 is 2.95 bits per heavy atom. The van der Waals surface area contributed by atoms with Crippen LogP contribution in [0.1, 0.15) is 26.7 Å². The highest BCUT2D eigenvalue weighted by Gasteiger charge is 2.43. The maximum atomic E-state index is 12.5. The monoisotopic (exact) mass is 285 g/mol. The standard InChI is InChI=1S/C13H23N3O2S/c1-13(2)6-11-16(8-13)12(18)9(4-5-19-11)15-10(17)7-14-3/h9,11,14H,4-8H2,1-3H3,(H,15,17)/t9-,11-/m0/s1. The third-order valence-corrected chi connectivity index (χ3v) is 4.92. The van der Waals surface area contributed by atoms with E-state index in [2.05, 4.69) is 24.5 Å². The van der Waals surface area contributed by atoms with E-state index >= 15 is 0 Å². The van der Waals surface area contributed by atoms with Crippen LogP contribution in [0.25, 0.3) is 0 Å². The van der Waals surface area contributed by atoms with Crippen molar-refractivity contribution >= 4 is 23.6 Å². The van der Waals surface area contributed by atoms with Crippen molar-refractivity contribution in [1.29, 1.82) is 0 Å². The van der Waals surface area contributed by atoms with Gasteiger partial charge in [-0.2, -0.15) is 0 Å². The topological polar surface area (TPSA) is 61.4 Å². The van der Waals surface area contributed by atoms with Gasteiger partial charge in [0.05, 0.1) is 11.9 Å². The molecule has 2 amide bonds. The predicted octanol–water partition coefficient (Wildman–Crippen LogP) is 0.412. The highest BCUT2D eigenvalue weighted by Crippen LogP contribution is 2.41. The molecule has 0 unspecified atom stereocenters. The van der Waals surface area contributed by atoms with Crippen molar-refractivity contribution in [3.8, 4) is 0 Å². The Hall–Kier alpha value is -0.750. The molecule has 108 valence electrons. The molecule has 0 spiro atoms. The van der Waals surface area contributed by atoms with Crippen LogP contribution in [0.15, 0.2) is 0 Å². The molecule has 0 bridgehead atoms. The number of thioether (sulfide) groups is 1. The van der Waals surface area contributed by atoms with E-state index in [1.165, 1.54) is 0 Å². The number of amides is 2. The summed E-state index contributed by atoms with van der Waals surface area (Å²) in [5.74, 6) is 0.904. The van der Waals surface area contributed by atoms with Crippen LogP contribution in [0, 0.1) is 5.41 Å². The van der Waals surface area contributed by atoms with Gasteiger partial charge in [-0.3, -0.25) is 9.59 Å². The fourth-order valence-corrected chi connectivity index (χ4v) is 4.34. The van der Waals surface area contributed by atoms with Gasteiger partial charge in [-0.05, 0) is 31.1 Å². The second-order valence-corrected chi connectivity index (χ2v) is 7.38. The van der Waals surface area contributed by atoms with Crippen molar-refractivity contribution in [3.63, 3.8) is 0 Å². The van der Waals surface area contributed by atoms with E-state index in [1.54, 1.807) is 7.05 Å². The fraction of sp³-hybridized carbons (Fsp3) is 0.846. The molecule has 2 aliphatic rings. The Kier molecular flexibility index (Phi) is 4.40. The zero-order valence-corrected chi connectivity index (χ0v) is 12.7. The number of hydrogen-bond donors (Lipinski definition) is 2. The van der Waals surface area contributed by atoms with Gasteiger partial charge in [-0.15, -0.1) is 11.8 Å². The zero-order valence-electron chi connectivity index (χ0n) is 11.9. The summed E-state index contributed by atoms with van der Waals surface area (Å²) < 4.78 is 0. The molecule has 0 aromatic carbocycles. The molecule has 6 heteroatoms. The molecule has 19 heavy (non-hydrogen) atoms. The molecule has 0 aliphatic carbocycles. The summed E-state index contributed by atoms with van der Waals surface area (Å²) in [6.45, 7) is 5.45. The molecule has 2 saturated heterocycles. The van der Waals surface area contributed by atoms with Gasteiger partial charge >= 0.3 is 0 Å². The second kappa shape index (κ2) is 5.71. The number of rotatable bonds is 3. The van der Waals surface area contributed by atoms with Gasteiger partial charge in [0.25, 0.3) is 0 Å². The first-order valence-electron chi connectivity index (χ1n) is 6.79. The molecule has 2 fully saturated rings. The summed E-state index contributed by atoms with van der Waals surface area (Å²) in [5, 5.41) is 5.93. The average Bonchev–Trinajstić information content (AvgIpc) is 2.56. The lowest BCUT2D eigenvalue weighted by molar-refractivity contribution is -0.136. The number of carbonyl (C=O) groups excluding carboxylic acids is 2. The van der Waals surface area contributed by atoms with Crippen molar-refractivity contribution < 1.29 is 9.59 Å². The van der Waals surface area contributed by atoms with Crippen molar-refractivity contribution in [2.24, 2.45) is 5.41 Å². The quantitative estimate of drug-likeness (QED) is 0.788. The van der Waals surface area contributed by atoms with Crippen molar-refractivity contribution in [1.82, 2.24) is 15.5 Å². The lowest BCUT2D eigenvalue weighted by Crippen LogP contribution is -2.50. The summed E-state index contributed by atoms with van der Waals surface area (Å²) in [6, 6.07) is -0.354. The Morgan fingerprint density at radius 1 is 1.53 bits per heavy atom. The SMILES string of the molecule is CNCC(=O)N[C@H]1CCS[C@H]2CC(C)(C)CN2C1=O. The average molecular weight is 285 g/mol. The van der Waals surface area contributed by atoms with Gasteiger partial charge in [-0.1, -0.05) is 13.8 Å². The van der Waals surface area contributed by atoms with E-state index in [0.29, 0.717) is 0 Å². The lowest BCUT2D eigenvalue weighted by atomic mass is 9.93. The van der Waals surface area contributed by atoms with Gasteiger partial charge in [-0.25, -0.2) is 0 Å². The minimum absolute atomic E-state index is 0.0880. The van der Waals surface area contributed by atoms with E-state index in [0.717, 1.165) is 25.1 Å². The molecular formula is C13H23N3O2S. The number of fused-ring (bicyclic) bond motifs is 1. The summed E-state index contributed by atoms with van der Waals surface area (Å²) in [4.78, 5) is 26.1. The van der Waals surface area contributed by atoms with Crippen LogP contribution in [0.2, 0.25) is 0 Å². The van der Waals surface area contributed by atoms with Gasteiger partial charge in [0.15, 0.2) is 0 Å². The first kappa shape index (κ1) is 14.7. The third-order valence-electron chi connectivity index (χ3n) is 3.64. The number of nitrogens with zero attached hydrogens (tertiary/aromatic N) is 1. The van der Waals surface area contributed by atoms with Crippen LogP contribution < -0.4 is 10.6 Å². The molecule has 0 radical (unpaired) electrons. The van der Waals surface area contributed by atoms with Crippen LogP contribution in [0.5, 0.6) is 0 Å². The minimum atomic E-state index is -0.354. The number of nitrogens with one attached hydrogen (secondary N) is 2. The Labute approximate surface area is 118 Å². The van der Waals surface area contributed by atoms with Crippen molar-refractivity contribution in [2.45, 2.75) is 38.1 Å². The van der Waals surface area contributed by atoms with Gasteiger partial charge in [0.1, 0.15) is 6.04 Å². The molecule has 0 aromatic rings. The van der Waals surface area contributed by atoms with Crippen molar-refractivity contribution in [2.75, 3.05) is 25.9 Å². The Bertz CT molecular complexity index is 373. The smallest absolute Gasteiger partial charge is 0.246 e. The highest BCUT2D eigenvalue weighted by atomic mass is 32.2. The number of likely N-dealkylation sites (N-methyl/N-ethyl adjacent to an activating group) is 1. The summed E-state index contributed by atoms with van der Waals surface area (Å²) in [5.41, 5.74) is 0.185. The maximum Gasteiger partial charge on any atom is 0.246 e. The van der Waals surface area contributed by atoms with Crippen molar-refractivity contribution in [3.05, 3.63) is 0 Å². The van der Waals surface area contributed by atoms with Crippen LogP contribution in [-0.2, 0) is 9.59 Å².